The third-order valence-electron chi connectivity index (χ3n) is 2.28. The van der Waals surface area contributed by atoms with Crippen molar-refractivity contribution in [2.75, 3.05) is 18.1 Å². The summed E-state index contributed by atoms with van der Waals surface area (Å²) in [5.41, 5.74) is 1.71. The standard InChI is InChI=1S/C13H16BrNOS/c1-3-8-17-9-7-15-13(16)11-5-4-6-12(14)10(11)2/h3-6H,1,7-9H2,2H3,(H,15,16). The third-order valence-corrected chi connectivity index (χ3v) is 4.10. The van der Waals surface area contributed by atoms with Crippen molar-refractivity contribution in [2.24, 2.45) is 0 Å². The van der Waals surface area contributed by atoms with Crippen LogP contribution in [0.4, 0.5) is 0 Å². The number of hydrogen-bond acceptors (Lipinski definition) is 2. The fourth-order valence-corrected chi connectivity index (χ4v) is 2.30. The Morgan fingerprint density at radius 2 is 2.35 bits per heavy atom. The minimum atomic E-state index is -0.0111. The summed E-state index contributed by atoms with van der Waals surface area (Å²) in [7, 11) is 0. The van der Waals surface area contributed by atoms with Crippen LogP contribution in [0.2, 0.25) is 0 Å². The number of amides is 1. The molecule has 0 radical (unpaired) electrons. The number of benzene rings is 1. The zero-order valence-corrected chi connectivity index (χ0v) is 12.2. The van der Waals surface area contributed by atoms with E-state index in [1.165, 1.54) is 0 Å². The minimum absolute atomic E-state index is 0.0111. The van der Waals surface area contributed by atoms with Gasteiger partial charge in [-0.05, 0) is 24.6 Å². The Morgan fingerprint density at radius 3 is 3.06 bits per heavy atom. The van der Waals surface area contributed by atoms with E-state index in [4.69, 9.17) is 0 Å². The predicted molar refractivity (Wildman–Crippen MR) is 78.7 cm³/mol. The quantitative estimate of drug-likeness (QED) is 0.644. The molecule has 1 amide bonds. The summed E-state index contributed by atoms with van der Waals surface area (Å²) in [6.45, 7) is 6.27. The molecule has 0 saturated carbocycles. The zero-order valence-electron chi connectivity index (χ0n) is 9.83. The van der Waals surface area contributed by atoms with Crippen LogP contribution in [0.5, 0.6) is 0 Å². The van der Waals surface area contributed by atoms with Crippen molar-refractivity contribution in [1.82, 2.24) is 5.32 Å². The summed E-state index contributed by atoms with van der Waals surface area (Å²) >= 11 is 5.18. The molecule has 0 saturated heterocycles. The molecule has 0 fully saturated rings. The van der Waals surface area contributed by atoms with Crippen LogP contribution in [0, 0.1) is 6.92 Å². The number of halogens is 1. The van der Waals surface area contributed by atoms with Gasteiger partial charge in [0, 0.05) is 28.1 Å². The first kappa shape index (κ1) is 14.3. The Kier molecular flexibility index (Phi) is 6.37. The molecule has 0 heterocycles. The van der Waals surface area contributed by atoms with E-state index < -0.39 is 0 Å². The van der Waals surface area contributed by atoms with Gasteiger partial charge in [0.15, 0.2) is 0 Å². The maximum Gasteiger partial charge on any atom is 0.251 e. The molecule has 4 heteroatoms. The predicted octanol–water partition coefficient (Wildman–Crippen LogP) is 3.41. The summed E-state index contributed by atoms with van der Waals surface area (Å²) in [5, 5.41) is 2.91. The summed E-state index contributed by atoms with van der Waals surface area (Å²) in [6, 6.07) is 5.65. The molecule has 0 atom stereocenters. The van der Waals surface area contributed by atoms with Gasteiger partial charge >= 0.3 is 0 Å². The number of hydrogen-bond donors (Lipinski definition) is 1. The lowest BCUT2D eigenvalue weighted by Crippen LogP contribution is -2.26. The monoisotopic (exact) mass is 313 g/mol. The molecule has 0 aromatic heterocycles. The Morgan fingerprint density at radius 1 is 1.59 bits per heavy atom. The van der Waals surface area contributed by atoms with Crippen molar-refractivity contribution < 1.29 is 4.79 Å². The first-order valence-corrected chi connectivity index (χ1v) is 7.33. The normalized spacial score (nSPS) is 10.0. The average Bonchev–Trinajstić information content (AvgIpc) is 2.32. The molecule has 0 spiro atoms. The van der Waals surface area contributed by atoms with Gasteiger partial charge in [-0.1, -0.05) is 28.1 Å². The highest BCUT2D eigenvalue weighted by atomic mass is 79.9. The lowest BCUT2D eigenvalue weighted by atomic mass is 10.1. The van der Waals surface area contributed by atoms with Crippen LogP contribution in [-0.4, -0.2) is 24.0 Å². The van der Waals surface area contributed by atoms with Gasteiger partial charge in [-0.2, -0.15) is 11.8 Å². The Bertz CT molecular complexity index is 406. The van der Waals surface area contributed by atoms with E-state index in [9.17, 15) is 4.79 Å². The highest BCUT2D eigenvalue weighted by Gasteiger charge is 2.09. The van der Waals surface area contributed by atoms with Crippen molar-refractivity contribution >= 4 is 33.6 Å². The third kappa shape index (κ3) is 4.56. The molecule has 0 aliphatic carbocycles. The van der Waals surface area contributed by atoms with Crippen LogP contribution >= 0.6 is 27.7 Å². The highest BCUT2D eigenvalue weighted by Crippen LogP contribution is 2.19. The number of carbonyl (C=O) groups excluding carboxylic acids is 1. The zero-order chi connectivity index (χ0) is 12.7. The number of rotatable bonds is 6. The van der Waals surface area contributed by atoms with E-state index >= 15 is 0 Å². The summed E-state index contributed by atoms with van der Waals surface area (Å²) in [5.74, 6) is 1.82. The highest BCUT2D eigenvalue weighted by molar-refractivity contribution is 9.10. The maximum atomic E-state index is 11.9. The fraction of sp³-hybridized carbons (Fsp3) is 0.308. The summed E-state index contributed by atoms with van der Waals surface area (Å²) < 4.78 is 0.964. The largest absolute Gasteiger partial charge is 0.351 e. The molecule has 1 rings (SSSR count). The van der Waals surface area contributed by atoms with Gasteiger partial charge < -0.3 is 5.32 Å². The second-order valence-corrected chi connectivity index (χ2v) is 5.54. The topological polar surface area (TPSA) is 29.1 Å². The number of thioether (sulfide) groups is 1. The van der Waals surface area contributed by atoms with Gasteiger partial charge in [0.2, 0.25) is 0 Å². The molecule has 17 heavy (non-hydrogen) atoms. The molecule has 0 aliphatic rings. The van der Waals surface area contributed by atoms with Gasteiger partial charge in [0.05, 0.1) is 0 Å². The van der Waals surface area contributed by atoms with Crippen molar-refractivity contribution in [1.29, 1.82) is 0 Å². The van der Waals surface area contributed by atoms with Gasteiger partial charge in [-0.15, -0.1) is 6.58 Å². The number of nitrogens with one attached hydrogen (secondary N) is 1. The number of carbonyl (C=O) groups is 1. The molecule has 92 valence electrons. The van der Waals surface area contributed by atoms with E-state index in [2.05, 4.69) is 27.8 Å². The molecule has 1 N–H and O–H groups in total. The van der Waals surface area contributed by atoms with E-state index in [-0.39, 0.29) is 5.91 Å². The second-order valence-electron chi connectivity index (χ2n) is 3.53. The molecular weight excluding hydrogens is 298 g/mol. The average molecular weight is 314 g/mol. The van der Waals surface area contributed by atoms with Gasteiger partial charge in [-0.25, -0.2) is 0 Å². The lowest BCUT2D eigenvalue weighted by molar-refractivity contribution is 0.0955. The summed E-state index contributed by atoms with van der Waals surface area (Å²) in [4.78, 5) is 11.9. The first-order chi connectivity index (χ1) is 8.16. The molecule has 0 unspecified atom stereocenters. The van der Waals surface area contributed by atoms with Crippen LogP contribution < -0.4 is 5.32 Å². The second kappa shape index (κ2) is 7.56. The molecule has 0 aliphatic heterocycles. The molecule has 0 bridgehead atoms. The van der Waals surface area contributed by atoms with Gasteiger partial charge in [0.1, 0.15) is 0 Å². The van der Waals surface area contributed by atoms with Crippen molar-refractivity contribution in [3.05, 3.63) is 46.5 Å². The minimum Gasteiger partial charge on any atom is -0.351 e. The Balaban J connectivity index is 2.47. The Labute approximate surface area is 115 Å². The van der Waals surface area contributed by atoms with Gasteiger partial charge in [0.25, 0.3) is 5.91 Å². The summed E-state index contributed by atoms with van der Waals surface area (Å²) in [6.07, 6.45) is 1.87. The fourth-order valence-electron chi connectivity index (χ4n) is 1.35. The van der Waals surface area contributed by atoms with Crippen LogP contribution in [-0.2, 0) is 0 Å². The van der Waals surface area contributed by atoms with E-state index in [0.29, 0.717) is 6.54 Å². The molecular formula is C13H16BrNOS. The molecule has 2 nitrogen and oxygen atoms in total. The smallest absolute Gasteiger partial charge is 0.251 e. The molecule has 1 aromatic rings. The molecule has 1 aromatic carbocycles. The lowest BCUT2D eigenvalue weighted by Gasteiger charge is -2.08. The van der Waals surface area contributed by atoms with Crippen LogP contribution in [0.1, 0.15) is 15.9 Å². The maximum absolute atomic E-state index is 11.9. The van der Waals surface area contributed by atoms with Crippen molar-refractivity contribution in [3.8, 4) is 0 Å². The van der Waals surface area contributed by atoms with Crippen molar-refractivity contribution in [2.45, 2.75) is 6.92 Å². The van der Waals surface area contributed by atoms with E-state index in [0.717, 1.165) is 27.1 Å². The van der Waals surface area contributed by atoms with Crippen molar-refractivity contribution in [3.63, 3.8) is 0 Å². The van der Waals surface area contributed by atoms with Crippen LogP contribution in [0.3, 0.4) is 0 Å². The van der Waals surface area contributed by atoms with E-state index in [1.807, 2.05) is 31.2 Å². The SMILES string of the molecule is C=CCSCCNC(=O)c1cccc(Br)c1C. The van der Waals surface area contributed by atoms with Crippen LogP contribution in [0.25, 0.3) is 0 Å². The first-order valence-electron chi connectivity index (χ1n) is 5.38. The van der Waals surface area contributed by atoms with Gasteiger partial charge in [-0.3, -0.25) is 4.79 Å². The Hall–Kier alpha value is -0.740. The van der Waals surface area contributed by atoms with Crippen LogP contribution in [0.15, 0.2) is 35.3 Å². The van der Waals surface area contributed by atoms with E-state index in [1.54, 1.807) is 11.8 Å².